The van der Waals surface area contributed by atoms with E-state index in [0.717, 1.165) is 16.2 Å². The van der Waals surface area contributed by atoms with Crippen molar-refractivity contribution in [1.82, 2.24) is 14.7 Å². The average Bonchev–Trinajstić information content (AvgIpc) is 2.69. The Morgan fingerprint density at radius 3 is 2.10 bits per heavy atom. The zero-order valence-electron chi connectivity index (χ0n) is 18.2. The Morgan fingerprint density at radius 1 is 1.03 bits per heavy atom. The van der Waals surface area contributed by atoms with Gasteiger partial charge in [-0.1, -0.05) is 13.8 Å². The molecule has 0 bridgehead atoms. The van der Waals surface area contributed by atoms with Gasteiger partial charge in [0.2, 0.25) is 24.1 Å². The van der Waals surface area contributed by atoms with Gasteiger partial charge in [0.05, 0.1) is 19.3 Å². The lowest BCUT2D eigenvalue weighted by atomic mass is 10.1. The summed E-state index contributed by atoms with van der Waals surface area (Å²) in [6.07, 6.45) is 1.26. The molecule has 0 aromatic carbocycles. The van der Waals surface area contributed by atoms with Crippen molar-refractivity contribution < 1.29 is 28.7 Å². The van der Waals surface area contributed by atoms with Crippen molar-refractivity contribution >= 4 is 30.4 Å². The van der Waals surface area contributed by atoms with E-state index in [1.165, 1.54) is 26.0 Å². The molecule has 0 aromatic rings. The van der Waals surface area contributed by atoms with Gasteiger partial charge in [-0.25, -0.2) is 0 Å². The van der Waals surface area contributed by atoms with Gasteiger partial charge in [-0.05, 0) is 19.3 Å². The van der Waals surface area contributed by atoms with Gasteiger partial charge < -0.3 is 25.1 Å². The highest BCUT2D eigenvalue weighted by Gasteiger charge is 2.28. The van der Waals surface area contributed by atoms with Gasteiger partial charge in [0, 0.05) is 27.6 Å². The third-order valence-corrected chi connectivity index (χ3v) is 4.60. The summed E-state index contributed by atoms with van der Waals surface area (Å²) in [6.45, 7) is 5.17. The van der Waals surface area contributed by atoms with Gasteiger partial charge in [0.1, 0.15) is 18.4 Å². The number of aldehydes is 1. The van der Waals surface area contributed by atoms with E-state index in [2.05, 4.69) is 0 Å². The number of ether oxygens (including phenoxy) is 1. The molecule has 0 saturated heterocycles. The molecule has 0 saturated carbocycles. The second kappa shape index (κ2) is 13.0. The van der Waals surface area contributed by atoms with E-state index >= 15 is 0 Å². The van der Waals surface area contributed by atoms with Crippen LogP contribution in [0.1, 0.15) is 33.6 Å². The van der Waals surface area contributed by atoms with E-state index in [1.807, 2.05) is 13.8 Å². The highest BCUT2D eigenvalue weighted by atomic mass is 16.5. The van der Waals surface area contributed by atoms with Crippen LogP contribution < -0.4 is 5.73 Å². The third-order valence-electron chi connectivity index (χ3n) is 4.60. The minimum atomic E-state index is -1.08. The maximum Gasteiger partial charge on any atom is 0.248 e. The molecule has 0 aliphatic carbocycles. The molecule has 0 aliphatic heterocycles. The standard InChI is InChI=1S/C19H34N4O6/c1-13(2)7-8-16(26)23(6)15(10-24)11-29-14(3)18(20)19(28)21(4)9-17(27)22(5)12-25/h10,12-15,18H,7-9,11,20H2,1-6H3/t14-,15-,18+/m1/s1. The van der Waals surface area contributed by atoms with Gasteiger partial charge in [-0.2, -0.15) is 0 Å². The topological polar surface area (TPSA) is 130 Å². The van der Waals surface area contributed by atoms with Crippen molar-refractivity contribution in [1.29, 1.82) is 0 Å². The smallest absolute Gasteiger partial charge is 0.248 e. The monoisotopic (exact) mass is 414 g/mol. The predicted molar refractivity (Wildman–Crippen MR) is 107 cm³/mol. The predicted octanol–water partition coefficient (Wildman–Crippen LogP) is -0.746. The molecule has 166 valence electrons. The second-order valence-electron chi connectivity index (χ2n) is 7.51. The fourth-order valence-electron chi connectivity index (χ4n) is 2.28. The van der Waals surface area contributed by atoms with Crippen molar-refractivity contribution in [2.75, 3.05) is 34.3 Å². The molecular formula is C19H34N4O6. The molecule has 0 radical (unpaired) electrons. The number of amides is 4. The van der Waals surface area contributed by atoms with Gasteiger partial charge >= 0.3 is 0 Å². The zero-order valence-corrected chi connectivity index (χ0v) is 18.2. The van der Waals surface area contributed by atoms with Crippen LogP contribution in [-0.2, 0) is 28.7 Å². The first-order valence-corrected chi connectivity index (χ1v) is 9.50. The van der Waals surface area contributed by atoms with Crippen molar-refractivity contribution in [2.24, 2.45) is 11.7 Å². The summed E-state index contributed by atoms with van der Waals surface area (Å²) in [5.74, 6) is -0.893. The number of rotatable bonds is 13. The Balaban J connectivity index is 4.71. The lowest BCUT2D eigenvalue weighted by molar-refractivity contribution is -0.144. The summed E-state index contributed by atoms with van der Waals surface area (Å²) in [7, 11) is 4.21. The van der Waals surface area contributed by atoms with Crippen LogP contribution in [0.2, 0.25) is 0 Å². The van der Waals surface area contributed by atoms with Crippen molar-refractivity contribution in [3.8, 4) is 0 Å². The first-order chi connectivity index (χ1) is 13.5. The number of nitrogens with two attached hydrogens (primary N) is 1. The van der Waals surface area contributed by atoms with Crippen LogP contribution in [-0.4, -0.2) is 97.6 Å². The fourth-order valence-corrected chi connectivity index (χ4v) is 2.28. The van der Waals surface area contributed by atoms with Crippen LogP contribution in [0.25, 0.3) is 0 Å². The van der Waals surface area contributed by atoms with E-state index < -0.39 is 30.0 Å². The fraction of sp³-hybridized carbons (Fsp3) is 0.737. The summed E-state index contributed by atoms with van der Waals surface area (Å²) < 4.78 is 5.55. The lowest BCUT2D eigenvalue weighted by Crippen LogP contribution is -2.52. The average molecular weight is 415 g/mol. The minimum Gasteiger partial charge on any atom is -0.374 e. The van der Waals surface area contributed by atoms with E-state index in [4.69, 9.17) is 10.5 Å². The zero-order chi connectivity index (χ0) is 22.7. The second-order valence-corrected chi connectivity index (χ2v) is 7.51. The molecule has 0 aliphatic rings. The summed E-state index contributed by atoms with van der Waals surface area (Å²) >= 11 is 0. The van der Waals surface area contributed by atoms with Crippen LogP contribution in [0.15, 0.2) is 0 Å². The van der Waals surface area contributed by atoms with Crippen LogP contribution in [0.5, 0.6) is 0 Å². The van der Waals surface area contributed by atoms with Crippen LogP contribution in [0.3, 0.4) is 0 Å². The number of hydrogen-bond acceptors (Lipinski definition) is 7. The van der Waals surface area contributed by atoms with Gasteiger partial charge in [0.25, 0.3) is 0 Å². The van der Waals surface area contributed by atoms with Gasteiger partial charge in [-0.15, -0.1) is 0 Å². The molecule has 0 spiro atoms. The molecule has 0 fully saturated rings. The number of carbonyl (C=O) groups excluding carboxylic acids is 5. The van der Waals surface area contributed by atoms with E-state index in [1.54, 1.807) is 6.92 Å². The summed E-state index contributed by atoms with van der Waals surface area (Å²) in [5, 5.41) is 0. The van der Waals surface area contributed by atoms with Crippen molar-refractivity contribution in [3.63, 3.8) is 0 Å². The largest absolute Gasteiger partial charge is 0.374 e. The lowest BCUT2D eigenvalue weighted by Gasteiger charge is -2.28. The SMILES string of the molecule is CC(C)CCC(=O)N(C)[C@H](C=O)CO[C@H](C)[C@H](N)C(=O)N(C)CC(=O)N(C)C=O. The van der Waals surface area contributed by atoms with Crippen molar-refractivity contribution in [2.45, 2.75) is 51.8 Å². The molecule has 0 rings (SSSR count). The molecule has 10 nitrogen and oxygen atoms in total. The van der Waals surface area contributed by atoms with E-state index in [0.29, 0.717) is 25.0 Å². The highest BCUT2D eigenvalue weighted by molar-refractivity contribution is 5.91. The molecule has 0 unspecified atom stereocenters. The van der Waals surface area contributed by atoms with E-state index in [-0.39, 0.29) is 19.1 Å². The summed E-state index contributed by atoms with van der Waals surface area (Å²) in [5.41, 5.74) is 5.91. The number of imide groups is 1. The quantitative estimate of drug-likeness (QED) is 0.393. The van der Waals surface area contributed by atoms with Crippen LogP contribution >= 0.6 is 0 Å². The molecule has 3 atom stereocenters. The maximum absolute atomic E-state index is 12.4. The Morgan fingerprint density at radius 2 is 1.62 bits per heavy atom. The first kappa shape index (κ1) is 26.7. The number of hydrogen-bond donors (Lipinski definition) is 1. The highest BCUT2D eigenvalue weighted by Crippen LogP contribution is 2.09. The Hall–Kier alpha value is -2.33. The minimum absolute atomic E-state index is 0.105. The summed E-state index contributed by atoms with van der Waals surface area (Å²) in [4.78, 5) is 61.5. The Bertz CT molecular complexity index is 583. The summed E-state index contributed by atoms with van der Waals surface area (Å²) in [6, 6.07) is -1.87. The normalized spacial score (nSPS) is 13.9. The molecule has 29 heavy (non-hydrogen) atoms. The third kappa shape index (κ3) is 9.14. The molecule has 4 amide bonds. The Labute approximate surface area is 172 Å². The number of nitrogens with zero attached hydrogens (tertiary/aromatic N) is 3. The van der Waals surface area contributed by atoms with E-state index in [9.17, 15) is 24.0 Å². The Kier molecular flexibility index (Phi) is 12.0. The number of carbonyl (C=O) groups is 5. The first-order valence-electron chi connectivity index (χ1n) is 9.50. The van der Waals surface area contributed by atoms with Crippen LogP contribution in [0.4, 0.5) is 0 Å². The molecular weight excluding hydrogens is 380 g/mol. The van der Waals surface area contributed by atoms with Crippen molar-refractivity contribution in [3.05, 3.63) is 0 Å². The number of likely N-dealkylation sites (N-methyl/N-ethyl adjacent to an activating group) is 3. The molecule has 2 N–H and O–H groups in total. The maximum atomic E-state index is 12.4. The van der Waals surface area contributed by atoms with Gasteiger partial charge in [-0.3, -0.25) is 24.1 Å². The van der Waals surface area contributed by atoms with Gasteiger partial charge in [0.15, 0.2) is 0 Å². The molecule has 0 aromatic heterocycles. The molecule has 0 heterocycles. The van der Waals surface area contributed by atoms with Crippen LogP contribution in [0, 0.1) is 5.92 Å². The molecule has 10 heteroatoms.